The number of carbonyl (C=O) groups is 1. The summed E-state index contributed by atoms with van der Waals surface area (Å²) >= 11 is 11.5. The van der Waals surface area contributed by atoms with Gasteiger partial charge in [0.25, 0.3) is 0 Å². The molecule has 1 heterocycles. The van der Waals surface area contributed by atoms with E-state index < -0.39 is 11.3 Å². The van der Waals surface area contributed by atoms with E-state index in [1.807, 2.05) is 0 Å². The Morgan fingerprint density at radius 3 is 2.56 bits per heavy atom. The van der Waals surface area contributed by atoms with Crippen molar-refractivity contribution in [1.29, 1.82) is 0 Å². The number of carbonyl (C=O) groups excluding carboxylic acids is 1. The molecular formula is C12H8Cl2N2O2. The molecule has 0 amide bonds. The lowest BCUT2D eigenvalue weighted by atomic mass is 10.3. The number of alkyl halides is 1. The van der Waals surface area contributed by atoms with Crippen molar-refractivity contribution in [3.63, 3.8) is 0 Å². The van der Waals surface area contributed by atoms with Crippen molar-refractivity contribution in [2.45, 2.75) is 5.50 Å². The number of hydrogen-bond donors (Lipinski definition) is 0. The molecule has 0 aliphatic carbocycles. The Morgan fingerprint density at radius 1 is 1.22 bits per heavy atom. The number of nitrogens with zero attached hydrogens (tertiary/aromatic N) is 2. The maximum Gasteiger partial charge on any atom is 0.239 e. The first-order chi connectivity index (χ1) is 8.66. The second-order valence-corrected chi connectivity index (χ2v) is 4.22. The molecule has 2 rings (SSSR count). The molecule has 1 aromatic carbocycles. The number of ketones is 1. The van der Waals surface area contributed by atoms with Gasteiger partial charge in [0, 0.05) is 5.02 Å². The first kappa shape index (κ1) is 12.8. The molecule has 1 unspecified atom stereocenters. The summed E-state index contributed by atoms with van der Waals surface area (Å²) in [6, 6.07) is 9.82. The van der Waals surface area contributed by atoms with Gasteiger partial charge in [0.1, 0.15) is 0 Å². The van der Waals surface area contributed by atoms with E-state index in [0.29, 0.717) is 10.7 Å². The fourth-order valence-electron chi connectivity index (χ4n) is 1.21. The van der Waals surface area contributed by atoms with E-state index in [9.17, 15) is 4.79 Å². The van der Waals surface area contributed by atoms with Gasteiger partial charge in [-0.1, -0.05) is 23.2 Å². The number of azo groups is 1. The van der Waals surface area contributed by atoms with Crippen molar-refractivity contribution in [3.8, 4) is 0 Å². The van der Waals surface area contributed by atoms with Gasteiger partial charge in [0.05, 0.1) is 12.0 Å². The first-order valence-electron chi connectivity index (χ1n) is 5.05. The minimum atomic E-state index is -1.10. The third-order valence-electron chi connectivity index (χ3n) is 2.08. The number of furan rings is 1. The predicted molar refractivity (Wildman–Crippen MR) is 68.6 cm³/mol. The molecular weight excluding hydrogens is 275 g/mol. The summed E-state index contributed by atoms with van der Waals surface area (Å²) in [6.45, 7) is 0. The monoisotopic (exact) mass is 282 g/mol. The Balaban J connectivity index is 2.05. The minimum absolute atomic E-state index is 0.157. The average Bonchev–Trinajstić information content (AvgIpc) is 2.90. The van der Waals surface area contributed by atoms with Crippen LogP contribution < -0.4 is 0 Å². The summed E-state index contributed by atoms with van der Waals surface area (Å²) in [5.74, 6) is -0.274. The molecule has 0 aliphatic heterocycles. The number of rotatable bonds is 4. The Hall–Kier alpha value is -1.65. The molecule has 1 aromatic heterocycles. The van der Waals surface area contributed by atoms with Crippen LogP contribution >= 0.6 is 23.2 Å². The van der Waals surface area contributed by atoms with Crippen molar-refractivity contribution >= 4 is 34.7 Å². The van der Waals surface area contributed by atoms with Gasteiger partial charge in [-0.25, -0.2) is 0 Å². The molecule has 0 bridgehead atoms. The molecule has 1 atom stereocenters. The lowest BCUT2D eigenvalue weighted by Crippen LogP contribution is -2.10. The number of Topliss-reactive ketones (excluding diaryl/α,β-unsaturated/α-hetero) is 1. The summed E-state index contributed by atoms with van der Waals surface area (Å²) < 4.78 is 4.93. The van der Waals surface area contributed by atoms with Gasteiger partial charge in [0.15, 0.2) is 5.76 Å². The zero-order chi connectivity index (χ0) is 13.0. The van der Waals surface area contributed by atoms with E-state index in [4.69, 9.17) is 27.6 Å². The van der Waals surface area contributed by atoms with Crippen LogP contribution in [0.2, 0.25) is 5.02 Å². The summed E-state index contributed by atoms with van der Waals surface area (Å²) in [7, 11) is 0. The van der Waals surface area contributed by atoms with E-state index in [-0.39, 0.29) is 5.76 Å². The highest BCUT2D eigenvalue weighted by atomic mass is 35.5. The molecule has 92 valence electrons. The summed E-state index contributed by atoms with van der Waals surface area (Å²) in [6.07, 6.45) is 1.40. The van der Waals surface area contributed by atoms with Crippen molar-refractivity contribution in [3.05, 3.63) is 53.4 Å². The van der Waals surface area contributed by atoms with Gasteiger partial charge in [-0.3, -0.25) is 4.79 Å². The number of benzene rings is 1. The van der Waals surface area contributed by atoms with E-state index >= 15 is 0 Å². The van der Waals surface area contributed by atoms with Gasteiger partial charge in [-0.2, -0.15) is 10.2 Å². The fourth-order valence-corrected chi connectivity index (χ4v) is 1.49. The molecule has 0 fully saturated rings. The zero-order valence-electron chi connectivity index (χ0n) is 9.09. The molecule has 0 radical (unpaired) electrons. The normalized spacial score (nSPS) is 12.8. The Bertz CT molecular complexity index is 550. The molecule has 2 aromatic rings. The highest BCUT2D eigenvalue weighted by Gasteiger charge is 2.19. The number of halogens is 2. The SMILES string of the molecule is O=C(c1ccco1)C(Cl)N=Nc1ccc(Cl)cc1. The molecule has 6 heteroatoms. The Kier molecular flexibility index (Phi) is 4.12. The molecule has 0 saturated carbocycles. The fraction of sp³-hybridized carbons (Fsp3) is 0.0833. The van der Waals surface area contributed by atoms with E-state index in [0.717, 1.165) is 0 Å². The highest BCUT2D eigenvalue weighted by Crippen LogP contribution is 2.18. The Morgan fingerprint density at radius 2 is 1.94 bits per heavy atom. The van der Waals surface area contributed by atoms with Crippen LogP contribution in [0.15, 0.2) is 57.3 Å². The van der Waals surface area contributed by atoms with Crippen molar-refractivity contribution in [2.24, 2.45) is 10.2 Å². The molecule has 0 saturated heterocycles. The minimum Gasteiger partial charge on any atom is -0.461 e. The van der Waals surface area contributed by atoms with E-state index in [1.54, 1.807) is 30.3 Å². The second kappa shape index (κ2) is 5.80. The molecule has 0 spiro atoms. The van der Waals surface area contributed by atoms with Gasteiger partial charge in [-0.15, -0.1) is 0 Å². The average molecular weight is 283 g/mol. The van der Waals surface area contributed by atoms with Crippen LogP contribution in [0.25, 0.3) is 0 Å². The maximum atomic E-state index is 11.7. The third kappa shape index (κ3) is 3.18. The maximum absolute atomic E-state index is 11.7. The molecule has 18 heavy (non-hydrogen) atoms. The second-order valence-electron chi connectivity index (χ2n) is 3.37. The highest BCUT2D eigenvalue weighted by molar-refractivity contribution is 6.33. The lowest BCUT2D eigenvalue weighted by molar-refractivity contribution is 0.0960. The molecule has 0 aliphatic rings. The van der Waals surface area contributed by atoms with Crippen LogP contribution in [-0.2, 0) is 0 Å². The van der Waals surface area contributed by atoms with Crippen LogP contribution in [0.1, 0.15) is 10.6 Å². The van der Waals surface area contributed by atoms with Gasteiger partial charge < -0.3 is 4.42 Å². The van der Waals surface area contributed by atoms with E-state index in [2.05, 4.69) is 10.2 Å². The van der Waals surface area contributed by atoms with Gasteiger partial charge in [0.2, 0.25) is 11.3 Å². The van der Waals surface area contributed by atoms with Crippen LogP contribution in [-0.4, -0.2) is 11.3 Å². The standard InChI is InChI=1S/C12H8Cl2N2O2/c13-8-3-5-9(6-4-8)15-16-12(14)11(17)10-2-1-7-18-10/h1-7,12H. The topological polar surface area (TPSA) is 54.9 Å². The third-order valence-corrected chi connectivity index (χ3v) is 2.62. The largest absolute Gasteiger partial charge is 0.461 e. The van der Waals surface area contributed by atoms with Gasteiger partial charge in [-0.05, 0) is 36.4 Å². The smallest absolute Gasteiger partial charge is 0.239 e. The lowest BCUT2D eigenvalue weighted by Gasteiger charge is -1.99. The number of hydrogen-bond acceptors (Lipinski definition) is 4. The summed E-state index contributed by atoms with van der Waals surface area (Å²) in [4.78, 5) is 11.7. The molecule has 4 nitrogen and oxygen atoms in total. The van der Waals surface area contributed by atoms with Crippen molar-refractivity contribution < 1.29 is 9.21 Å². The summed E-state index contributed by atoms with van der Waals surface area (Å²) in [5, 5.41) is 8.17. The van der Waals surface area contributed by atoms with Gasteiger partial charge >= 0.3 is 0 Å². The first-order valence-corrected chi connectivity index (χ1v) is 5.86. The molecule has 0 N–H and O–H groups in total. The van der Waals surface area contributed by atoms with Crippen LogP contribution in [0.3, 0.4) is 0 Å². The van der Waals surface area contributed by atoms with E-state index in [1.165, 1.54) is 12.3 Å². The van der Waals surface area contributed by atoms with Crippen LogP contribution in [0, 0.1) is 0 Å². The van der Waals surface area contributed by atoms with Crippen LogP contribution in [0.5, 0.6) is 0 Å². The summed E-state index contributed by atoms with van der Waals surface area (Å²) in [5.41, 5.74) is -0.538. The quantitative estimate of drug-likeness (QED) is 0.360. The van der Waals surface area contributed by atoms with Crippen LogP contribution in [0.4, 0.5) is 5.69 Å². The Labute approximate surface area is 113 Å². The van der Waals surface area contributed by atoms with Crippen molar-refractivity contribution in [2.75, 3.05) is 0 Å². The predicted octanol–water partition coefficient (Wildman–Crippen LogP) is 4.46. The van der Waals surface area contributed by atoms with Crippen molar-refractivity contribution in [1.82, 2.24) is 0 Å². The zero-order valence-corrected chi connectivity index (χ0v) is 10.6.